The fraction of sp³-hybridized carbons (Fsp3) is 0.438. The third-order valence-electron chi connectivity index (χ3n) is 3.82. The molecule has 0 bridgehead atoms. The fourth-order valence-electron chi connectivity index (χ4n) is 2.48. The molecule has 2 aromatic rings. The van der Waals surface area contributed by atoms with E-state index in [1.54, 1.807) is 6.20 Å². The zero-order valence-corrected chi connectivity index (χ0v) is 12.3. The molecule has 0 amide bonds. The van der Waals surface area contributed by atoms with E-state index in [4.69, 9.17) is 4.42 Å². The summed E-state index contributed by atoms with van der Waals surface area (Å²) in [5.74, 6) is 4.47. The summed E-state index contributed by atoms with van der Waals surface area (Å²) < 4.78 is 5.90. The molecule has 20 heavy (non-hydrogen) atoms. The Balaban J connectivity index is 1.66. The first-order valence-electron chi connectivity index (χ1n) is 7.10. The van der Waals surface area contributed by atoms with Gasteiger partial charge in [0.15, 0.2) is 5.82 Å². The topological polar surface area (TPSA) is 41.3 Å². The monoisotopic (exact) mass is 271 g/mol. The smallest absolute Gasteiger partial charge is 0.151 e. The minimum absolute atomic E-state index is 0.638. The van der Waals surface area contributed by atoms with Gasteiger partial charge in [-0.05, 0) is 36.6 Å². The van der Waals surface area contributed by atoms with E-state index in [0.717, 1.165) is 28.9 Å². The van der Waals surface area contributed by atoms with Gasteiger partial charge in [-0.25, -0.2) is 4.98 Å². The first-order chi connectivity index (χ1) is 9.65. The van der Waals surface area contributed by atoms with E-state index < -0.39 is 0 Å². The zero-order chi connectivity index (χ0) is 14.1. The highest BCUT2D eigenvalue weighted by atomic mass is 16.3. The summed E-state index contributed by atoms with van der Waals surface area (Å²) in [6.45, 7) is 2.96. The fourth-order valence-corrected chi connectivity index (χ4v) is 2.48. The molecule has 2 atom stereocenters. The molecule has 0 saturated heterocycles. The normalized spacial score (nSPS) is 20.8. The SMILES string of the molecule is CC1CC1c1ccc(CNc2cccnc2N(C)C)o1. The predicted molar refractivity (Wildman–Crippen MR) is 81.1 cm³/mol. The molecule has 4 heteroatoms. The van der Waals surface area contributed by atoms with E-state index in [9.17, 15) is 0 Å². The first-order valence-corrected chi connectivity index (χ1v) is 7.10. The second-order valence-electron chi connectivity index (χ2n) is 5.75. The van der Waals surface area contributed by atoms with Crippen molar-refractivity contribution in [2.45, 2.75) is 25.8 Å². The van der Waals surface area contributed by atoms with Gasteiger partial charge in [0.25, 0.3) is 0 Å². The summed E-state index contributed by atoms with van der Waals surface area (Å²) in [7, 11) is 3.99. The molecule has 0 aromatic carbocycles. The van der Waals surface area contributed by atoms with Crippen molar-refractivity contribution in [3.05, 3.63) is 42.0 Å². The van der Waals surface area contributed by atoms with E-state index in [1.807, 2.05) is 31.1 Å². The average Bonchev–Trinajstić information content (AvgIpc) is 3.00. The number of furan rings is 1. The van der Waals surface area contributed by atoms with Crippen LogP contribution in [-0.2, 0) is 6.54 Å². The van der Waals surface area contributed by atoms with Crippen LogP contribution >= 0.6 is 0 Å². The second-order valence-corrected chi connectivity index (χ2v) is 5.75. The minimum Gasteiger partial charge on any atom is -0.464 e. The van der Waals surface area contributed by atoms with Crippen molar-refractivity contribution in [2.75, 3.05) is 24.3 Å². The van der Waals surface area contributed by atoms with Gasteiger partial charge in [-0.2, -0.15) is 0 Å². The van der Waals surface area contributed by atoms with Gasteiger partial charge in [-0.15, -0.1) is 0 Å². The van der Waals surface area contributed by atoms with E-state index in [1.165, 1.54) is 6.42 Å². The lowest BCUT2D eigenvalue weighted by atomic mass is 10.3. The van der Waals surface area contributed by atoms with Crippen molar-refractivity contribution in [1.29, 1.82) is 0 Å². The lowest BCUT2D eigenvalue weighted by Gasteiger charge is -2.16. The Kier molecular flexibility index (Phi) is 3.38. The predicted octanol–water partition coefficient (Wildman–Crippen LogP) is 3.48. The molecule has 1 N–H and O–H groups in total. The van der Waals surface area contributed by atoms with Crippen molar-refractivity contribution in [1.82, 2.24) is 4.98 Å². The number of pyridine rings is 1. The van der Waals surface area contributed by atoms with Crippen LogP contribution in [0.2, 0.25) is 0 Å². The third-order valence-corrected chi connectivity index (χ3v) is 3.82. The average molecular weight is 271 g/mol. The van der Waals surface area contributed by atoms with Gasteiger partial charge in [-0.3, -0.25) is 0 Å². The van der Waals surface area contributed by atoms with Crippen LogP contribution in [0.1, 0.15) is 30.8 Å². The van der Waals surface area contributed by atoms with Crippen molar-refractivity contribution in [2.24, 2.45) is 5.92 Å². The van der Waals surface area contributed by atoms with E-state index >= 15 is 0 Å². The van der Waals surface area contributed by atoms with E-state index in [-0.39, 0.29) is 0 Å². The van der Waals surface area contributed by atoms with Gasteiger partial charge < -0.3 is 14.6 Å². The van der Waals surface area contributed by atoms with Gasteiger partial charge in [0.05, 0.1) is 12.2 Å². The van der Waals surface area contributed by atoms with Gasteiger partial charge in [0.1, 0.15) is 11.5 Å². The molecule has 0 spiro atoms. The Bertz CT molecular complexity index is 591. The molecule has 2 unspecified atom stereocenters. The molecule has 2 heterocycles. The molecule has 106 valence electrons. The maximum Gasteiger partial charge on any atom is 0.151 e. The summed E-state index contributed by atoms with van der Waals surface area (Å²) in [5.41, 5.74) is 1.02. The van der Waals surface area contributed by atoms with Gasteiger partial charge in [-0.1, -0.05) is 6.92 Å². The molecular formula is C16H21N3O. The van der Waals surface area contributed by atoms with Gasteiger partial charge >= 0.3 is 0 Å². The Morgan fingerprint density at radius 2 is 2.15 bits per heavy atom. The molecular weight excluding hydrogens is 250 g/mol. The largest absolute Gasteiger partial charge is 0.464 e. The van der Waals surface area contributed by atoms with Gasteiger partial charge in [0.2, 0.25) is 0 Å². The summed E-state index contributed by atoms with van der Waals surface area (Å²) in [4.78, 5) is 6.38. The van der Waals surface area contributed by atoms with Crippen molar-refractivity contribution in [3.8, 4) is 0 Å². The molecule has 1 saturated carbocycles. The van der Waals surface area contributed by atoms with E-state index in [0.29, 0.717) is 12.5 Å². The van der Waals surface area contributed by atoms with Crippen LogP contribution in [0.15, 0.2) is 34.9 Å². The van der Waals surface area contributed by atoms with Gasteiger partial charge in [0, 0.05) is 26.2 Å². The number of nitrogens with one attached hydrogen (secondary N) is 1. The maximum atomic E-state index is 5.90. The molecule has 2 aromatic heterocycles. The molecule has 0 radical (unpaired) electrons. The van der Waals surface area contributed by atoms with Crippen molar-refractivity contribution in [3.63, 3.8) is 0 Å². The number of nitrogens with zero attached hydrogens (tertiary/aromatic N) is 2. The first kappa shape index (κ1) is 13.0. The van der Waals surface area contributed by atoms with Crippen LogP contribution < -0.4 is 10.2 Å². The molecule has 1 aliphatic carbocycles. The third kappa shape index (κ3) is 2.64. The highest BCUT2D eigenvalue weighted by Gasteiger charge is 2.36. The second kappa shape index (κ2) is 5.19. The maximum absolute atomic E-state index is 5.90. The Morgan fingerprint density at radius 3 is 2.85 bits per heavy atom. The highest BCUT2D eigenvalue weighted by Crippen LogP contribution is 2.47. The van der Waals surface area contributed by atoms with Crippen molar-refractivity contribution < 1.29 is 4.42 Å². The van der Waals surface area contributed by atoms with Crippen LogP contribution in [0.3, 0.4) is 0 Å². The number of anilines is 2. The zero-order valence-electron chi connectivity index (χ0n) is 12.3. The lowest BCUT2D eigenvalue weighted by molar-refractivity contribution is 0.468. The quantitative estimate of drug-likeness (QED) is 0.904. The highest BCUT2D eigenvalue weighted by molar-refractivity contribution is 5.64. The van der Waals surface area contributed by atoms with Crippen molar-refractivity contribution >= 4 is 11.5 Å². The summed E-state index contributed by atoms with van der Waals surface area (Å²) >= 11 is 0. The summed E-state index contributed by atoms with van der Waals surface area (Å²) in [6, 6.07) is 8.16. The number of hydrogen-bond donors (Lipinski definition) is 1. The standard InChI is InChI=1S/C16H21N3O/c1-11-9-13(11)15-7-6-12(20-15)10-18-14-5-4-8-17-16(14)19(2)3/h4-8,11,13,18H,9-10H2,1-3H3. The van der Waals surface area contributed by atoms with E-state index in [2.05, 4.69) is 29.4 Å². The number of hydrogen-bond acceptors (Lipinski definition) is 4. The Hall–Kier alpha value is -1.97. The summed E-state index contributed by atoms with van der Waals surface area (Å²) in [6.07, 6.45) is 3.06. The molecule has 4 nitrogen and oxygen atoms in total. The Morgan fingerprint density at radius 1 is 1.35 bits per heavy atom. The lowest BCUT2D eigenvalue weighted by Crippen LogP contribution is -2.13. The number of rotatable bonds is 5. The number of aromatic nitrogens is 1. The van der Waals surface area contributed by atoms with Crippen LogP contribution in [0.5, 0.6) is 0 Å². The molecule has 0 aliphatic heterocycles. The summed E-state index contributed by atoms with van der Waals surface area (Å²) in [5, 5.41) is 3.40. The van der Waals surface area contributed by atoms with Crippen LogP contribution in [0.4, 0.5) is 11.5 Å². The van der Waals surface area contributed by atoms with Crippen LogP contribution in [0, 0.1) is 5.92 Å². The Labute approximate surface area is 119 Å². The minimum atomic E-state index is 0.638. The van der Waals surface area contributed by atoms with Crippen LogP contribution in [-0.4, -0.2) is 19.1 Å². The van der Waals surface area contributed by atoms with Crippen LogP contribution in [0.25, 0.3) is 0 Å². The molecule has 3 rings (SSSR count). The molecule has 1 aliphatic rings. The molecule has 1 fully saturated rings.